The molecule has 2 rings (SSSR count). The van der Waals surface area contributed by atoms with E-state index in [0.717, 1.165) is 11.1 Å². The Balaban J connectivity index is 2.42. The zero-order valence-corrected chi connectivity index (χ0v) is 15.7. The predicted molar refractivity (Wildman–Crippen MR) is 101 cm³/mol. The SMILES string of the molecule is COc1cc(C(C)(C)C)cc(OC)c1CNc1cccc(O)c1C(=O)O. The maximum atomic E-state index is 11.4. The average molecular weight is 359 g/mol. The Morgan fingerprint density at radius 1 is 1.12 bits per heavy atom. The van der Waals surface area contributed by atoms with Crippen LogP contribution < -0.4 is 14.8 Å². The summed E-state index contributed by atoms with van der Waals surface area (Å²) in [5, 5.41) is 22.2. The highest BCUT2D eigenvalue weighted by atomic mass is 16.5. The first kappa shape index (κ1) is 19.4. The Morgan fingerprint density at radius 3 is 2.15 bits per heavy atom. The van der Waals surface area contributed by atoms with E-state index in [2.05, 4.69) is 26.1 Å². The van der Waals surface area contributed by atoms with Crippen molar-refractivity contribution < 1.29 is 24.5 Å². The van der Waals surface area contributed by atoms with Crippen LogP contribution >= 0.6 is 0 Å². The van der Waals surface area contributed by atoms with Crippen LogP contribution in [0.5, 0.6) is 17.2 Å². The Labute approximate surface area is 153 Å². The summed E-state index contributed by atoms with van der Waals surface area (Å²) in [6.07, 6.45) is 0. The molecule has 0 radical (unpaired) electrons. The molecule has 0 amide bonds. The van der Waals surface area contributed by atoms with Crippen LogP contribution in [0.3, 0.4) is 0 Å². The molecule has 2 aromatic rings. The fourth-order valence-corrected chi connectivity index (χ4v) is 2.69. The molecule has 0 bridgehead atoms. The van der Waals surface area contributed by atoms with Crippen LogP contribution in [-0.2, 0) is 12.0 Å². The fraction of sp³-hybridized carbons (Fsp3) is 0.350. The first-order valence-electron chi connectivity index (χ1n) is 8.23. The Hall–Kier alpha value is -2.89. The highest BCUT2D eigenvalue weighted by Crippen LogP contribution is 2.36. The number of carboxylic acids is 1. The van der Waals surface area contributed by atoms with Crippen molar-refractivity contribution >= 4 is 11.7 Å². The van der Waals surface area contributed by atoms with E-state index in [1.165, 1.54) is 6.07 Å². The Kier molecular flexibility index (Phi) is 5.65. The number of aromatic carboxylic acids is 1. The monoisotopic (exact) mass is 359 g/mol. The topological polar surface area (TPSA) is 88.0 Å². The molecule has 0 saturated carbocycles. The lowest BCUT2D eigenvalue weighted by Crippen LogP contribution is -2.13. The summed E-state index contributed by atoms with van der Waals surface area (Å²) in [6.45, 7) is 6.58. The van der Waals surface area contributed by atoms with E-state index in [1.807, 2.05) is 12.1 Å². The number of methoxy groups -OCH3 is 2. The van der Waals surface area contributed by atoms with Crippen molar-refractivity contribution in [2.24, 2.45) is 0 Å². The number of aromatic hydroxyl groups is 1. The van der Waals surface area contributed by atoms with Crippen LogP contribution in [0.1, 0.15) is 42.3 Å². The lowest BCUT2D eigenvalue weighted by atomic mass is 9.86. The van der Waals surface area contributed by atoms with Gasteiger partial charge in [-0.05, 0) is 35.2 Å². The van der Waals surface area contributed by atoms with E-state index in [1.54, 1.807) is 26.4 Å². The zero-order chi connectivity index (χ0) is 19.5. The third kappa shape index (κ3) is 4.02. The van der Waals surface area contributed by atoms with E-state index in [9.17, 15) is 15.0 Å². The van der Waals surface area contributed by atoms with Crippen LogP contribution in [0.15, 0.2) is 30.3 Å². The first-order chi connectivity index (χ1) is 12.2. The van der Waals surface area contributed by atoms with Gasteiger partial charge in [-0.25, -0.2) is 4.79 Å². The highest BCUT2D eigenvalue weighted by Gasteiger charge is 2.21. The zero-order valence-electron chi connectivity index (χ0n) is 15.7. The molecule has 2 aromatic carbocycles. The van der Waals surface area contributed by atoms with E-state index >= 15 is 0 Å². The minimum Gasteiger partial charge on any atom is -0.507 e. The third-order valence-corrected chi connectivity index (χ3v) is 4.19. The quantitative estimate of drug-likeness (QED) is 0.722. The molecule has 3 N–H and O–H groups in total. The second-order valence-electron chi connectivity index (χ2n) is 6.97. The minimum absolute atomic E-state index is 0.0752. The van der Waals surface area contributed by atoms with Gasteiger partial charge in [-0.1, -0.05) is 26.8 Å². The maximum Gasteiger partial charge on any atom is 0.341 e. The van der Waals surface area contributed by atoms with Gasteiger partial charge < -0.3 is 25.0 Å². The van der Waals surface area contributed by atoms with E-state index in [-0.39, 0.29) is 23.3 Å². The summed E-state index contributed by atoms with van der Waals surface area (Å²) in [6, 6.07) is 8.45. The van der Waals surface area contributed by atoms with Gasteiger partial charge in [0.2, 0.25) is 0 Å². The summed E-state index contributed by atoms with van der Waals surface area (Å²) < 4.78 is 11.1. The van der Waals surface area contributed by atoms with Crippen LogP contribution in [0.4, 0.5) is 5.69 Å². The van der Waals surface area contributed by atoms with Crippen molar-refractivity contribution in [3.05, 3.63) is 47.0 Å². The summed E-state index contributed by atoms with van der Waals surface area (Å²) in [7, 11) is 3.17. The van der Waals surface area contributed by atoms with Crippen LogP contribution in [0.2, 0.25) is 0 Å². The van der Waals surface area contributed by atoms with Gasteiger partial charge in [0, 0.05) is 6.54 Å². The molecule has 0 heterocycles. The molecular formula is C20H25NO5. The lowest BCUT2D eigenvalue weighted by Gasteiger charge is -2.23. The van der Waals surface area contributed by atoms with Gasteiger partial charge in [-0.2, -0.15) is 0 Å². The van der Waals surface area contributed by atoms with Gasteiger partial charge in [0.1, 0.15) is 22.8 Å². The number of phenols is 1. The van der Waals surface area contributed by atoms with Crippen LogP contribution in [0.25, 0.3) is 0 Å². The molecule has 0 aromatic heterocycles. The highest BCUT2D eigenvalue weighted by molar-refractivity contribution is 5.97. The van der Waals surface area contributed by atoms with Crippen molar-refractivity contribution in [1.82, 2.24) is 0 Å². The number of hydrogen-bond acceptors (Lipinski definition) is 5. The van der Waals surface area contributed by atoms with Crippen molar-refractivity contribution in [2.75, 3.05) is 19.5 Å². The summed E-state index contributed by atoms with van der Waals surface area (Å²) in [4.78, 5) is 11.4. The predicted octanol–water partition coefficient (Wildman–Crippen LogP) is 4.02. The van der Waals surface area contributed by atoms with Crippen molar-refractivity contribution in [3.8, 4) is 17.2 Å². The molecule has 0 aliphatic carbocycles. The van der Waals surface area contributed by atoms with E-state index in [0.29, 0.717) is 17.2 Å². The number of carbonyl (C=O) groups is 1. The summed E-state index contributed by atoms with van der Waals surface area (Å²) in [5.74, 6) is -0.185. The van der Waals surface area contributed by atoms with Crippen LogP contribution in [-0.4, -0.2) is 30.4 Å². The second kappa shape index (κ2) is 7.56. The third-order valence-electron chi connectivity index (χ3n) is 4.19. The smallest absolute Gasteiger partial charge is 0.341 e. The Morgan fingerprint density at radius 2 is 1.69 bits per heavy atom. The molecular weight excluding hydrogens is 334 g/mol. The molecule has 0 unspecified atom stereocenters. The molecule has 0 atom stereocenters. The number of nitrogens with one attached hydrogen (secondary N) is 1. The normalized spacial score (nSPS) is 11.1. The molecule has 140 valence electrons. The van der Waals surface area contributed by atoms with Crippen molar-refractivity contribution in [3.63, 3.8) is 0 Å². The molecule has 0 aliphatic heterocycles. The number of ether oxygens (including phenoxy) is 2. The van der Waals surface area contributed by atoms with Gasteiger partial charge in [-0.15, -0.1) is 0 Å². The number of benzene rings is 2. The van der Waals surface area contributed by atoms with Gasteiger partial charge in [0.25, 0.3) is 0 Å². The maximum absolute atomic E-state index is 11.4. The molecule has 0 saturated heterocycles. The minimum atomic E-state index is -1.20. The summed E-state index contributed by atoms with van der Waals surface area (Å²) in [5.41, 5.74) is 1.91. The first-order valence-corrected chi connectivity index (χ1v) is 8.23. The number of anilines is 1. The van der Waals surface area contributed by atoms with E-state index in [4.69, 9.17) is 9.47 Å². The van der Waals surface area contributed by atoms with E-state index < -0.39 is 5.97 Å². The fourth-order valence-electron chi connectivity index (χ4n) is 2.69. The molecule has 6 nitrogen and oxygen atoms in total. The van der Waals surface area contributed by atoms with Crippen molar-refractivity contribution in [2.45, 2.75) is 32.7 Å². The second-order valence-corrected chi connectivity index (χ2v) is 6.97. The molecule has 0 aliphatic rings. The molecule has 0 fully saturated rings. The van der Waals surface area contributed by atoms with Crippen LogP contribution in [0, 0.1) is 0 Å². The molecule has 6 heteroatoms. The van der Waals surface area contributed by atoms with Crippen molar-refractivity contribution in [1.29, 1.82) is 0 Å². The number of carboxylic acid groups (broad SMARTS) is 1. The lowest BCUT2D eigenvalue weighted by molar-refractivity contribution is 0.0695. The number of rotatable bonds is 6. The van der Waals surface area contributed by atoms with Gasteiger partial charge in [0.05, 0.1) is 25.5 Å². The standard InChI is InChI=1S/C20H25NO5/c1-20(2,3)12-9-16(25-4)13(17(10-12)26-5)11-21-14-7-6-8-15(22)18(14)19(23)24/h6-10,21-22H,11H2,1-5H3,(H,23,24). The number of hydrogen-bond donors (Lipinski definition) is 3. The average Bonchev–Trinajstić information content (AvgIpc) is 2.57. The summed E-state index contributed by atoms with van der Waals surface area (Å²) >= 11 is 0. The largest absolute Gasteiger partial charge is 0.507 e. The molecule has 26 heavy (non-hydrogen) atoms. The molecule has 0 spiro atoms. The van der Waals surface area contributed by atoms with Gasteiger partial charge in [0.15, 0.2) is 0 Å². The van der Waals surface area contributed by atoms with Gasteiger partial charge >= 0.3 is 5.97 Å². The van der Waals surface area contributed by atoms with Gasteiger partial charge in [-0.3, -0.25) is 0 Å². The Bertz CT molecular complexity index is 783.